The molecule has 2 rings (SSSR count). The van der Waals surface area contributed by atoms with Crippen LogP contribution >= 0.6 is 0 Å². The van der Waals surface area contributed by atoms with Crippen molar-refractivity contribution in [3.8, 4) is 0 Å². The van der Waals surface area contributed by atoms with E-state index < -0.39 is 0 Å². The van der Waals surface area contributed by atoms with Crippen LogP contribution in [0.4, 0.5) is 4.79 Å². The minimum absolute atomic E-state index is 0.0927. The topological polar surface area (TPSA) is 61.6 Å². The molecular formula is C14H28N4O. The van der Waals surface area contributed by atoms with Gasteiger partial charge in [-0.3, -0.25) is 4.90 Å². The Morgan fingerprint density at radius 1 is 1.42 bits per heavy atom. The first-order valence-electron chi connectivity index (χ1n) is 7.73. The minimum atomic E-state index is 0.0927. The monoisotopic (exact) mass is 268 g/mol. The van der Waals surface area contributed by atoms with Crippen molar-refractivity contribution in [1.82, 2.24) is 15.1 Å². The third-order valence-corrected chi connectivity index (χ3v) is 4.65. The first kappa shape index (κ1) is 14.6. The molecule has 2 aliphatic rings. The third-order valence-electron chi connectivity index (χ3n) is 4.65. The van der Waals surface area contributed by atoms with Crippen LogP contribution in [-0.2, 0) is 0 Å². The molecule has 1 aliphatic heterocycles. The van der Waals surface area contributed by atoms with Gasteiger partial charge in [0.05, 0.1) is 0 Å². The van der Waals surface area contributed by atoms with E-state index in [9.17, 15) is 4.79 Å². The van der Waals surface area contributed by atoms with Crippen molar-refractivity contribution in [1.29, 1.82) is 0 Å². The molecule has 0 bridgehead atoms. The van der Waals surface area contributed by atoms with Crippen molar-refractivity contribution in [3.63, 3.8) is 0 Å². The Labute approximate surface area is 116 Å². The number of nitrogens with one attached hydrogen (secondary N) is 1. The van der Waals surface area contributed by atoms with Crippen LogP contribution in [0.25, 0.3) is 0 Å². The van der Waals surface area contributed by atoms with Crippen molar-refractivity contribution in [2.75, 3.05) is 39.3 Å². The van der Waals surface area contributed by atoms with Gasteiger partial charge >= 0.3 is 6.03 Å². The highest BCUT2D eigenvalue weighted by atomic mass is 16.2. The second-order valence-electron chi connectivity index (χ2n) is 5.70. The van der Waals surface area contributed by atoms with Crippen molar-refractivity contribution < 1.29 is 4.79 Å². The first-order valence-corrected chi connectivity index (χ1v) is 7.73. The summed E-state index contributed by atoms with van der Waals surface area (Å²) in [6.07, 6.45) is 5.18. The van der Waals surface area contributed by atoms with E-state index in [1.807, 2.05) is 4.90 Å². The zero-order valence-corrected chi connectivity index (χ0v) is 12.1. The molecule has 0 spiro atoms. The molecule has 2 unspecified atom stereocenters. The largest absolute Gasteiger partial charge is 0.336 e. The highest BCUT2D eigenvalue weighted by Gasteiger charge is 2.29. The smallest absolute Gasteiger partial charge is 0.317 e. The maximum Gasteiger partial charge on any atom is 0.317 e. The van der Waals surface area contributed by atoms with Crippen LogP contribution in [0.5, 0.6) is 0 Å². The number of hydrogen-bond donors (Lipinski definition) is 2. The Balaban J connectivity index is 1.85. The maximum atomic E-state index is 11.5. The number of rotatable bonds is 6. The highest BCUT2D eigenvalue weighted by Crippen LogP contribution is 2.27. The van der Waals surface area contributed by atoms with Crippen molar-refractivity contribution in [2.45, 2.75) is 38.6 Å². The standard InChI is InChI=1S/C14H28N4O/c1-2-17(9-10-18-8-7-16-14(18)19)13-6-4-3-5-12(13)11-15/h12-13H,2-11,15H2,1H3,(H,16,19). The van der Waals surface area contributed by atoms with Gasteiger partial charge < -0.3 is 16.0 Å². The fourth-order valence-electron chi connectivity index (χ4n) is 3.48. The summed E-state index contributed by atoms with van der Waals surface area (Å²) in [5.41, 5.74) is 5.93. The zero-order valence-electron chi connectivity index (χ0n) is 12.1. The van der Waals surface area contributed by atoms with Gasteiger partial charge in [0.15, 0.2) is 0 Å². The van der Waals surface area contributed by atoms with E-state index in [2.05, 4.69) is 17.1 Å². The number of urea groups is 1. The highest BCUT2D eigenvalue weighted by molar-refractivity contribution is 5.76. The molecule has 3 N–H and O–H groups in total. The number of amides is 2. The molecule has 1 heterocycles. The number of nitrogens with two attached hydrogens (primary N) is 1. The van der Waals surface area contributed by atoms with Crippen LogP contribution in [0.2, 0.25) is 0 Å². The van der Waals surface area contributed by atoms with Gasteiger partial charge in [0.2, 0.25) is 0 Å². The fraction of sp³-hybridized carbons (Fsp3) is 0.929. The number of hydrogen-bond acceptors (Lipinski definition) is 3. The van der Waals surface area contributed by atoms with Gasteiger partial charge in [0.1, 0.15) is 0 Å². The lowest BCUT2D eigenvalue weighted by Gasteiger charge is -2.39. The number of carbonyl (C=O) groups is 1. The van der Waals surface area contributed by atoms with E-state index in [4.69, 9.17) is 5.73 Å². The summed E-state index contributed by atoms with van der Waals surface area (Å²) >= 11 is 0. The predicted molar refractivity (Wildman–Crippen MR) is 77.0 cm³/mol. The maximum absolute atomic E-state index is 11.5. The van der Waals surface area contributed by atoms with Crippen LogP contribution < -0.4 is 11.1 Å². The van der Waals surface area contributed by atoms with E-state index in [-0.39, 0.29) is 6.03 Å². The van der Waals surface area contributed by atoms with Crippen LogP contribution in [0.3, 0.4) is 0 Å². The van der Waals surface area contributed by atoms with E-state index >= 15 is 0 Å². The lowest BCUT2D eigenvalue weighted by atomic mass is 9.83. The second-order valence-corrected chi connectivity index (χ2v) is 5.70. The summed E-state index contributed by atoms with van der Waals surface area (Å²) in [5.74, 6) is 0.640. The van der Waals surface area contributed by atoms with E-state index in [1.54, 1.807) is 0 Å². The summed E-state index contributed by atoms with van der Waals surface area (Å²) in [6.45, 7) is 7.52. The van der Waals surface area contributed by atoms with Gasteiger partial charge in [-0.25, -0.2) is 4.79 Å². The molecule has 2 amide bonds. The van der Waals surface area contributed by atoms with Crippen molar-refractivity contribution in [2.24, 2.45) is 11.7 Å². The van der Waals surface area contributed by atoms with Gasteiger partial charge in [-0.2, -0.15) is 0 Å². The SMILES string of the molecule is CCN(CCN1CCNC1=O)C1CCCCC1CN. The average molecular weight is 268 g/mol. The van der Waals surface area contributed by atoms with Crippen molar-refractivity contribution in [3.05, 3.63) is 0 Å². The summed E-state index contributed by atoms with van der Waals surface area (Å²) in [7, 11) is 0. The van der Waals surface area contributed by atoms with E-state index in [0.29, 0.717) is 12.0 Å². The van der Waals surface area contributed by atoms with Gasteiger partial charge in [0.25, 0.3) is 0 Å². The summed E-state index contributed by atoms with van der Waals surface area (Å²) < 4.78 is 0. The molecule has 1 saturated heterocycles. The Morgan fingerprint density at radius 3 is 2.84 bits per heavy atom. The molecule has 5 heteroatoms. The molecule has 0 aromatic rings. The predicted octanol–water partition coefficient (Wildman–Crippen LogP) is 0.851. The molecule has 2 atom stereocenters. The lowest BCUT2D eigenvalue weighted by Crippen LogP contribution is -2.48. The summed E-state index contributed by atoms with van der Waals surface area (Å²) in [6, 6.07) is 0.712. The fourth-order valence-corrected chi connectivity index (χ4v) is 3.48. The van der Waals surface area contributed by atoms with E-state index in [0.717, 1.165) is 39.3 Å². The molecule has 5 nitrogen and oxygen atoms in total. The lowest BCUT2D eigenvalue weighted by molar-refractivity contribution is 0.104. The van der Waals surface area contributed by atoms with Gasteiger partial charge in [-0.1, -0.05) is 19.8 Å². The summed E-state index contributed by atoms with van der Waals surface area (Å²) in [5, 5.41) is 2.86. The molecule has 19 heavy (non-hydrogen) atoms. The zero-order chi connectivity index (χ0) is 13.7. The molecule has 1 aliphatic carbocycles. The van der Waals surface area contributed by atoms with Crippen LogP contribution in [-0.4, -0.2) is 61.1 Å². The van der Waals surface area contributed by atoms with Crippen LogP contribution in [0.15, 0.2) is 0 Å². The van der Waals surface area contributed by atoms with Gasteiger partial charge in [-0.05, 0) is 31.8 Å². The first-order chi connectivity index (χ1) is 9.26. The number of likely N-dealkylation sites (N-methyl/N-ethyl adjacent to an activating group) is 1. The minimum Gasteiger partial charge on any atom is -0.336 e. The van der Waals surface area contributed by atoms with E-state index in [1.165, 1.54) is 25.7 Å². The Hall–Kier alpha value is -0.810. The number of carbonyl (C=O) groups excluding carboxylic acids is 1. The Morgan fingerprint density at radius 2 is 2.21 bits per heavy atom. The molecule has 0 aromatic heterocycles. The summed E-state index contributed by atoms with van der Waals surface area (Å²) in [4.78, 5) is 16.0. The molecule has 0 aromatic carbocycles. The number of nitrogens with zero attached hydrogens (tertiary/aromatic N) is 2. The molecule has 1 saturated carbocycles. The van der Waals surface area contributed by atoms with Gasteiger partial charge in [-0.15, -0.1) is 0 Å². The van der Waals surface area contributed by atoms with Crippen LogP contribution in [0.1, 0.15) is 32.6 Å². The quantitative estimate of drug-likeness (QED) is 0.751. The molecular weight excluding hydrogens is 240 g/mol. The Kier molecular flexibility index (Phi) is 5.45. The average Bonchev–Trinajstić information content (AvgIpc) is 2.85. The van der Waals surface area contributed by atoms with Crippen LogP contribution in [0, 0.1) is 5.92 Å². The second kappa shape index (κ2) is 7.10. The molecule has 110 valence electrons. The third kappa shape index (κ3) is 3.60. The van der Waals surface area contributed by atoms with Gasteiger partial charge in [0, 0.05) is 32.2 Å². The Bertz CT molecular complexity index is 297. The molecule has 2 fully saturated rings. The van der Waals surface area contributed by atoms with Crippen molar-refractivity contribution >= 4 is 6.03 Å². The molecule has 0 radical (unpaired) electrons. The normalized spacial score (nSPS) is 27.9.